The van der Waals surface area contributed by atoms with Gasteiger partial charge >= 0.3 is 0 Å². The van der Waals surface area contributed by atoms with Crippen molar-refractivity contribution in [1.29, 1.82) is 0 Å². The molecule has 4 aromatic rings. The molecule has 8 heteroatoms. The van der Waals surface area contributed by atoms with Crippen molar-refractivity contribution >= 4 is 40.0 Å². The van der Waals surface area contributed by atoms with E-state index in [-0.39, 0.29) is 16.5 Å². The molecule has 0 N–H and O–H groups in total. The van der Waals surface area contributed by atoms with Crippen molar-refractivity contribution in [1.82, 2.24) is 14.5 Å². The van der Waals surface area contributed by atoms with Gasteiger partial charge in [0.2, 0.25) is 0 Å². The molecule has 0 fully saturated rings. The molecule has 0 saturated carbocycles. The summed E-state index contributed by atoms with van der Waals surface area (Å²) < 4.78 is 7.07. The minimum absolute atomic E-state index is 0.242. The molecule has 0 aliphatic rings. The van der Waals surface area contributed by atoms with E-state index in [4.69, 9.17) is 32.9 Å². The number of rotatable bonds is 6. The number of ether oxygens (including phenoxy) is 1. The fourth-order valence-electron chi connectivity index (χ4n) is 4.04. The Labute approximate surface area is 207 Å². The van der Waals surface area contributed by atoms with Gasteiger partial charge in [0.15, 0.2) is 0 Å². The van der Waals surface area contributed by atoms with Gasteiger partial charge in [-0.25, -0.2) is 4.98 Å². The minimum Gasteiger partial charge on any atom is -0.495 e. The van der Waals surface area contributed by atoms with Crippen LogP contribution >= 0.6 is 23.2 Å². The number of hydrogen-bond donors (Lipinski definition) is 0. The third kappa shape index (κ3) is 4.27. The first-order chi connectivity index (χ1) is 16.4. The highest BCUT2D eigenvalue weighted by atomic mass is 35.5. The molecule has 1 heterocycles. The van der Waals surface area contributed by atoms with Crippen LogP contribution in [-0.4, -0.2) is 34.5 Å². The number of amides is 1. The summed E-state index contributed by atoms with van der Waals surface area (Å²) in [4.78, 5) is 33.6. The molecule has 1 atom stereocenters. The van der Waals surface area contributed by atoms with Crippen LogP contribution in [0, 0.1) is 0 Å². The molecular formula is C26H23Cl2N3O3. The van der Waals surface area contributed by atoms with E-state index in [0.29, 0.717) is 45.2 Å². The van der Waals surface area contributed by atoms with Gasteiger partial charge in [-0.3, -0.25) is 14.2 Å². The van der Waals surface area contributed by atoms with Crippen LogP contribution in [0.2, 0.25) is 10.0 Å². The predicted octanol–water partition coefficient (Wildman–Crippen LogP) is 5.92. The van der Waals surface area contributed by atoms with Crippen molar-refractivity contribution in [2.45, 2.75) is 19.4 Å². The maximum Gasteiger partial charge on any atom is 0.266 e. The quantitative estimate of drug-likeness (QED) is 0.332. The van der Waals surface area contributed by atoms with Crippen molar-refractivity contribution in [3.8, 4) is 11.4 Å². The first-order valence-corrected chi connectivity index (χ1v) is 11.5. The van der Waals surface area contributed by atoms with Gasteiger partial charge in [0.25, 0.3) is 11.5 Å². The standard InChI is InChI=1S/C26H23Cl2N3O3/c1-4-21(30(2)25(32)17-14-13-16(27)15-19(17)28)24-29-20-10-6-5-9-18(20)26(33)31(24)22-11-7-8-12-23(22)34-3/h5-15,21H,4H2,1-3H3. The van der Waals surface area contributed by atoms with Crippen LogP contribution in [0.5, 0.6) is 5.75 Å². The van der Waals surface area contributed by atoms with E-state index in [2.05, 4.69) is 0 Å². The van der Waals surface area contributed by atoms with Crippen molar-refractivity contribution in [3.05, 3.63) is 98.5 Å². The molecule has 0 aliphatic carbocycles. The lowest BCUT2D eigenvalue weighted by molar-refractivity contribution is 0.0717. The maximum absolute atomic E-state index is 13.7. The Morgan fingerprint density at radius 2 is 1.79 bits per heavy atom. The number of aromatic nitrogens is 2. The first-order valence-electron chi connectivity index (χ1n) is 10.7. The number of benzene rings is 3. The summed E-state index contributed by atoms with van der Waals surface area (Å²) in [6, 6.07) is 18.6. The van der Waals surface area contributed by atoms with Gasteiger partial charge in [-0.2, -0.15) is 0 Å². The first kappa shape index (κ1) is 23.8. The monoisotopic (exact) mass is 495 g/mol. The molecule has 0 spiro atoms. The van der Waals surface area contributed by atoms with E-state index in [1.807, 2.05) is 25.1 Å². The maximum atomic E-state index is 13.7. The van der Waals surface area contributed by atoms with Crippen molar-refractivity contribution in [3.63, 3.8) is 0 Å². The minimum atomic E-state index is -0.526. The topological polar surface area (TPSA) is 64.4 Å². The smallest absolute Gasteiger partial charge is 0.266 e. The summed E-state index contributed by atoms with van der Waals surface area (Å²) in [5.74, 6) is 0.645. The van der Waals surface area contributed by atoms with Gasteiger partial charge in [0.05, 0.1) is 40.3 Å². The Balaban J connectivity index is 1.94. The molecule has 0 aliphatic heterocycles. The fourth-order valence-corrected chi connectivity index (χ4v) is 4.53. The summed E-state index contributed by atoms with van der Waals surface area (Å²) in [5, 5.41) is 1.17. The van der Waals surface area contributed by atoms with Crippen LogP contribution in [0.15, 0.2) is 71.5 Å². The highest BCUT2D eigenvalue weighted by Gasteiger charge is 2.28. The third-order valence-electron chi connectivity index (χ3n) is 5.76. The fraction of sp³-hybridized carbons (Fsp3) is 0.192. The van der Waals surface area contributed by atoms with E-state index >= 15 is 0 Å². The lowest BCUT2D eigenvalue weighted by Gasteiger charge is -2.29. The van der Waals surface area contributed by atoms with Crippen LogP contribution in [0.3, 0.4) is 0 Å². The van der Waals surface area contributed by atoms with E-state index < -0.39 is 6.04 Å². The van der Waals surface area contributed by atoms with Crippen molar-refractivity contribution in [2.24, 2.45) is 0 Å². The Hall–Kier alpha value is -3.35. The second kappa shape index (κ2) is 9.87. The number of methoxy groups -OCH3 is 1. The summed E-state index contributed by atoms with van der Waals surface area (Å²) in [6.07, 6.45) is 0.507. The number of fused-ring (bicyclic) bond motifs is 1. The Kier molecular flexibility index (Phi) is 6.91. The van der Waals surface area contributed by atoms with Gasteiger partial charge < -0.3 is 9.64 Å². The lowest BCUT2D eigenvalue weighted by Crippen LogP contribution is -2.36. The molecule has 1 amide bonds. The van der Waals surface area contributed by atoms with Crippen LogP contribution in [0.4, 0.5) is 0 Å². The summed E-state index contributed by atoms with van der Waals surface area (Å²) in [7, 11) is 3.23. The van der Waals surface area contributed by atoms with Gasteiger partial charge in [0.1, 0.15) is 11.6 Å². The summed E-state index contributed by atoms with van der Waals surface area (Å²) in [5.41, 5.74) is 1.18. The van der Waals surface area contributed by atoms with Gasteiger partial charge in [-0.1, -0.05) is 54.4 Å². The zero-order valence-electron chi connectivity index (χ0n) is 19.0. The molecule has 1 aromatic heterocycles. The lowest BCUT2D eigenvalue weighted by atomic mass is 10.1. The zero-order valence-corrected chi connectivity index (χ0v) is 20.5. The molecule has 1 unspecified atom stereocenters. The van der Waals surface area contributed by atoms with E-state index in [1.54, 1.807) is 61.5 Å². The number of halogens is 2. The average Bonchev–Trinajstić information content (AvgIpc) is 2.84. The van der Waals surface area contributed by atoms with Crippen LogP contribution in [0.25, 0.3) is 16.6 Å². The van der Waals surface area contributed by atoms with E-state index in [0.717, 1.165) is 0 Å². The predicted molar refractivity (Wildman–Crippen MR) is 135 cm³/mol. The number of nitrogens with zero attached hydrogens (tertiary/aromatic N) is 3. The highest BCUT2D eigenvalue weighted by Crippen LogP contribution is 2.31. The largest absolute Gasteiger partial charge is 0.495 e. The SMILES string of the molecule is CCC(c1nc2ccccc2c(=O)n1-c1ccccc1OC)N(C)C(=O)c1ccc(Cl)cc1Cl. The number of carbonyl (C=O) groups excluding carboxylic acids is 1. The average molecular weight is 496 g/mol. The summed E-state index contributed by atoms with van der Waals surface area (Å²) >= 11 is 12.3. The van der Waals surface area contributed by atoms with Crippen LogP contribution in [-0.2, 0) is 0 Å². The zero-order chi connectivity index (χ0) is 24.4. The van der Waals surface area contributed by atoms with Gasteiger partial charge in [-0.15, -0.1) is 0 Å². The molecular weight excluding hydrogens is 473 g/mol. The van der Waals surface area contributed by atoms with Crippen LogP contribution < -0.4 is 10.3 Å². The second-order valence-electron chi connectivity index (χ2n) is 7.76. The second-order valence-corrected chi connectivity index (χ2v) is 8.61. The third-order valence-corrected chi connectivity index (χ3v) is 6.31. The number of para-hydroxylation sites is 3. The number of hydrogen-bond acceptors (Lipinski definition) is 4. The highest BCUT2D eigenvalue weighted by molar-refractivity contribution is 6.36. The number of carbonyl (C=O) groups is 1. The Bertz CT molecular complexity index is 1430. The van der Waals surface area contributed by atoms with E-state index in [9.17, 15) is 9.59 Å². The van der Waals surface area contributed by atoms with Gasteiger partial charge in [-0.05, 0) is 48.9 Å². The molecule has 6 nitrogen and oxygen atoms in total. The molecule has 34 heavy (non-hydrogen) atoms. The molecule has 0 bridgehead atoms. The van der Waals surface area contributed by atoms with E-state index in [1.165, 1.54) is 10.6 Å². The molecule has 0 radical (unpaired) electrons. The van der Waals surface area contributed by atoms with Crippen molar-refractivity contribution < 1.29 is 9.53 Å². The Morgan fingerprint density at radius 1 is 1.09 bits per heavy atom. The molecule has 0 saturated heterocycles. The van der Waals surface area contributed by atoms with Crippen molar-refractivity contribution in [2.75, 3.05) is 14.2 Å². The Morgan fingerprint density at radius 3 is 2.50 bits per heavy atom. The molecule has 174 valence electrons. The molecule has 3 aromatic carbocycles. The summed E-state index contributed by atoms with van der Waals surface area (Å²) in [6.45, 7) is 1.94. The molecule has 4 rings (SSSR count). The van der Waals surface area contributed by atoms with Crippen LogP contribution in [0.1, 0.15) is 35.6 Å². The normalized spacial score (nSPS) is 11.9. The van der Waals surface area contributed by atoms with Gasteiger partial charge in [0, 0.05) is 12.1 Å².